The molecule has 1 aromatic carbocycles. The summed E-state index contributed by atoms with van der Waals surface area (Å²) in [6.07, 6.45) is 11.0. The lowest BCUT2D eigenvalue weighted by Crippen LogP contribution is -2.44. The van der Waals surface area contributed by atoms with Gasteiger partial charge in [0.2, 0.25) is 6.23 Å². The van der Waals surface area contributed by atoms with E-state index in [0.29, 0.717) is 16.6 Å². The molecule has 3 heterocycles. The Kier molecular flexibility index (Phi) is 14.2. The SMILES string of the molecule is CCCCCCCCCCCCCCCCC(=O)O[C@@H]1[C@@H](COP2(=O)OCc3ccccc3O2)O[C@@H](n2ccc(N)nc2=O)C1(F)F. The molecule has 0 saturated carbocycles. The molecule has 2 aliphatic rings. The van der Waals surface area contributed by atoms with Crippen LogP contribution in [0.4, 0.5) is 14.6 Å². The first kappa shape index (κ1) is 37.0. The quantitative estimate of drug-likeness (QED) is 0.0832. The molecule has 1 unspecified atom stereocenters. The summed E-state index contributed by atoms with van der Waals surface area (Å²) in [5, 5.41) is 0. The molecule has 11 nitrogen and oxygen atoms in total. The number of nitrogen functional groups attached to an aromatic ring is 1. The van der Waals surface area contributed by atoms with Crippen LogP contribution in [0.1, 0.15) is 115 Å². The maximum absolute atomic E-state index is 15.8. The maximum atomic E-state index is 15.8. The summed E-state index contributed by atoms with van der Waals surface area (Å²) in [6, 6.07) is 7.89. The van der Waals surface area contributed by atoms with Gasteiger partial charge in [-0.3, -0.25) is 18.4 Å². The highest BCUT2D eigenvalue weighted by Crippen LogP contribution is 2.55. The van der Waals surface area contributed by atoms with Gasteiger partial charge in [0.1, 0.15) is 17.7 Å². The third-order valence-corrected chi connectivity index (χ3v) is 9.74. The number of nitrogens with two attached hydrogens (primary N) is 1. The van der Waals surface area contributed by atoms with Gasteiger partial charge < -0.3 is 19.7 Å². The van der Waals surface area contributed by atoms with Gasteiger partial charge in [-0.25, -0.2) is 9.36 Å². The number of unbranched alkanes of at least 4 members (excludes halogenated alkanes) is 13. The summed E-state index contributed by atoms with van der Waals surface area (Å²) >= 11 is 0. The lowest BCUT2D eigenvalue weighted by molar-refractivity contribution is -0.176. The van der Waals surface area contributed by atoms with Crippen LogP contribution in [0.2, 0.25) is 0 Å². The zero-order valence-corrected chi connectivity index (χ0v) is 28.1. The fraction of sp³-hybridized carbons (Fsp3) is 0.667. The Bertz CT molecular complexity index is 1390. The second-order valence-corrected chi connectivity index (χ2v) is 13.8. The molecule has 262 valence electrons. The summed E-state index contributed by atoms with van der Waals surface area (Å²) in [5.74, 6) is -4.60. The molecule has 0 bridgehead atoms. The Morgan fingerprint density at radius 2 is 1.62 bits per heavy atom. The lowest BCUT2D eigenvalue weighted by Gasteiger charge is -2.27. The predicted octanol–water partition coefficient (Wildman–Crippen LogP) is 7.88. The van der Waals surface area contributed by atoms with E-state index in [4.69, 9.17) is 28.8 Å². The molecule has 0 spiro atoms. The van der Waals surface area contributed by atoms with Crippen LogP contribution in [-0.2, 0) is 34.5 Å². The van der Waals surface area contributed by atoms with E-state index in [1.807, 2.05) is 0 Å². The number of rotatable bonds is 20. The average molecular weight is 684 g/mol. The number of ether oxygens (including phenoxy) is 2. The monoisotopic (exact) mass is 683 g/mol. The minimum absolute atomic E-state index is 0.0618. The highest BCUT2D eigenvalue weighted by Gasteiger charge is 2.63. The summed E-state index contributed by atoms with van der Waals surface area (Å²) in [5.41, 5.74) is 5.08. The second-order valence-electron chi connectivity index (χ2n) is 12.2. The van der Waals surface area contributed by atoms with E-state index in [9.17, 15) is 14.2 Å². The highest BCUT2D eigenvalue weighted by atomic mass is 31.2. The van der Waals surface area contributed by atoms with E-state index in [2.05, 4.69) is 11.9 Å². The number of hydrogen-bond acceptors (Lipinski definition) is 10. The van der Waals surface area contributed by atoms with Crippen molar-refractivity contribution < 1.29 is 41.2 Å². The van der Waals surface area contributed by atoms with E-state index in [-0.39, 0.29) is 24.6 Å². The van der Waals surface area contributed by atoms with Crippen LogP contribution in [0.5, 0.6) is 5.75 Å². The van der Waals surface area contributed by atoms with Crippen molar-refractivity contribution in [2.75, 3.05) is 12.3 Å². The van der Waals surface area contributed by atoms with E-state index in [1.165, 1.54) is 63.9 Å². The van der Waals surface area contributed by atoms with Crippen LogP contribution in [0.25, 0.3) is 0 Å². The van der Waals surface area contributed by atoms with Gasteiger partial charge in [-0.15, -0.1) is 0 Å². The van der Waals surface area contributed by atoms with Gasteiger partial charge in [-0.1, -0.05) is 109 Å². The van der Waals surface area contributed by atoms with Crippen molar-refractivity contribution in [2.24, 2.45) is 0 Å². The topological polar surface area (TPSA) is 141 Å². The number of phosphoric acid groups is 1. The molecule has 14 heteroatoms. The van der Waals surface area contributed by atoms with Crippen LogP contribution in [0.3, 0.4) is 0 Å². The fourth-order valence-corrected chi connectivity index (χ4v) is 6.98. The third-order valence-electron chi connectivity index (χ3n) is 8.40. The number of aromatic nitrogens is 2. The van der Waals surface area contributed by atoms with Gasteiger partial charge in [-0.2, -0.15) is 13.8 Å². The van der Waals surface area contributed by atoms with E-state index in [1.54, 1.807) is 24.3 Å². The standard InChI is InChI=1S/C33H48F2N3O8P/c1-2-3-4-5-6-7-8-9-10-11-12-13-14-15-20-29(39)45-30-27(24-43-47(41)42-23-25-18-16-17-19-26(25)46-47)44-31(33(30,34)35)38-22-21-28(36)37-32(38)40/h16-19,21-22,27,30-31H,2-15,20,23-24H2,1H3,(H2,36,37,40)/t27-,30-,31-,47?/m1/s1. The molecule has 1 aromatic heterocycles. The number of para-hydroxylation sites is 1. The molecule has 2 aromatic rings. The van der Waals surface area contributed by atoms with Crippen LogP contribution in [0, 0.1) is 0 Å². The normalized spacial score (nSPS) is 23.3. The molecular formula is C33H48F2N3O8P. The largest absolute Gasteiger partial charge is 0.530 e. The number of halogens is 2. The molecule has 0 aliphatic carbocycles. The molecule has 4 atom stereocenters. The number of anilines is 1. The Balaban J connectivity index is 1.26. The van der Waals surface area contributed by atoms with Crippen molar-refractivity contribution in [3.8, 4) is 5.75 Å². The van der Waals surface area contributed by atoms with E-state index >= 15 is 8.78 Å². The smallest absolute Gasteiger partial charge is 0.453 e. The summed E-state index contributed by atoms with van der Waals surface area (Å²) in [6.45, 7) is 1.41. The Morgan fingerprint density at radius 1 is 1.00 bits per heavy atom. The van der Waals surface area contributed by atoms with Crippen molar-refractivity contribution in [2.45, 2.75) is 134 Å². The van der Waals surface area contributed by atoms with Gasteiger partial charge >= 0.3 is 25.4 Å². The van der Waals surface area contributed by atoms with Crippen molar-refractivity contribution in [1.29, 1.82) is 0 Å². The first-order valence-electron chi connectivity index (χ1n) is 16.9. The number of fused-ring (bicyclic) bond motifs is 1. The van der Waals surface area contributed by atoms with Gasteiger partial charge in [0.25, 0.3) is 0 Å². The minimum Gasteiger partial charge on any atom is -0.453 e. The number of benzene rings is 1. The first-order valence-corrected chi connectivity index (χ1v) is 18.3. The number of hydrogen-bond donors (Lipinski definition) is 1. The van der Waals surface area contributed by atoms with Gasteiger partial charge in [-0.05, 0) is 18.6 Å². The van der Waals surface area contributed by atoms with Gasteiger partial charge in [0, 0.05) is 18.2 Å². The molecule has 2 N–H and O–H groups in total. The van der Waals surface area contributed by atoms with Crippen molar-refractivity contribution in [1.82, 2.24) is 9.55 Å². The fourth-order valence-electron chi connectivity index (χ4n) is 5.75. The Hall–Kier alpha value is -2.86. The molecule has 0 amide bonds. The average Bonchev–Trinajstić information content (AvgIpc) is 3.28. The number of esters is 1. The summed E-state index contributed by atoms with van der Waals surface area (Å²) in [4.78, 5) is 28.7. The number of phosphoric ester groups is 1. The zero-order chi connectivity index (χ0) is 33.7. The van der Waals surface area contributed by atoms with E-state index in [0.717, 1.165) is 31.9 Å². The number of nitrogens with zero attached hydrogens (tertiary/aromatic N) is 2. The molecular weight excluding hydrogens is 635 g/mol. The lowest BCUT2D eigenvalue weighted by atomic mass is 10.0. The molecule has 4 rings (SSSR count). The van der Waals surface area contributed by atoms with Crippen LogP contribution >= 0.6 is 7.82 Å². The Labute approximate surface area is 275 Å². The third kappa shape index (κ3) is 10.8. The van der Waals surface area contributed by atoms with Crippen molar-refractivity contribution in [3.05, 3.63) is 52.6 Å². The van der Waals surface area contributed by atoms with E-state index < -0.39 is 50.4 Å². The summed E-state index contributed by atoms with van der Waals surface area (Å²) < 4.78 is 72.2. The zero-order valence-electron chi connectivity index (χ0n) is 27.2. The molecule has 1 saturated heterocycles. The van der Waals surface area contributed by atoms with Crippen LogP contribution in [0.15, 0.2) is 41.3 Å². The van der Waals surface area contributed by atoms with Crippen LogP contribution < -0.4 is 15.9 Å². The number of alkyl halides is 2. The van der Waals surface area contributed by atoms with Crippen molar-refractivity contribution in [3.63, 3.8) is 0 Å². The number of carbonyl (C=O) groups excluding carboxylic acids is 1. The van der Waals surface area contributed by atoms with Gasteiger partial charge in [0.15, 0.2) is 6.10 Å². The minimum atomic E-state index is -4.22. The predicted molar refractivity (Wildman–Crippen MR) is 172 cm³/mol. The molecule has 2 aliphatic heterocycles. The summed E-state index contributed by atoms with van der Waals surface area (Å²) in [7, 11) is -4.22. The Morgan fingerprint density at radius 3 is 2.26 bits per heavy atom. The number of carbonyl (C=O) groups is 1. The molecule has 0 radical (unpaired) electrons. The highest BCUT2D eigenvalue weighted by molar-refractivity contribution is 7.49. The van der Waals surface area contributed by atoms with Crippen LogP contribution in [-0.4, -0.2) is 40.3 Å². The first-order chi connectivity index (χ1) is 22.6. The molecule has 47 heavy (non-hydrogen) atoms. The second kappa shape index (κ2) is 18.1. The van der Waals surface area contributed by atoms with Crippen molar-refractivity contribution >= 4 is 19.6 Å². The maximum Gasteiger partial charge on any atom is 0.530 e. The van der Waals surface area contributed by atoms with Gasteiger partial charge in [0.05, 0.1) is 13.2 Å². The molecule has 1 fully saturated rings.